The lowest BCUT2D eigenvalue weighted by atomic mass is 10.0. The van der Waals surface area contributed by atoms with Crippen LogP contribution in [0.15, 0.2) is 89.8 Å². The third kappa shape index (κ3) is 9.05. The number of fused-ring (bicyclic) bond motifs is 1. The summed E-state index contributed by atoms with van der Waals surface area (Å²) < 4.78 is 45.7. The molecule has 3 aromatic carbocycles. The van der Waals surface area contributed by atoms with Gasteiger partial charge in [0.2, 0.25) is 11.8 Å². The van der Waals surface area contributed by atoms with Crippen LogP contribution in [0, 0.1) is 5.92 Å². The van der Waals surface area contributed by atoms with Crippen LogP contribution in [0.3, 0.4) is 0 Å². The molecular weight excluding hydrogens is 739 g/mol. The number of rotatable bonds is 12. The van der Waals surface area contributed by atoms with Crippen LogP contribution in [0.5, 0.6) is 11.5 Å². The number of sulfonamides is 1. The highest BCUT2D eigenvalue weighted by atomic mass is 32.2. The Morgan fingerprint density at radius 2 is 1.59 bits per heavy atom. The van der Waals surface area contributed by atoms with Crippen molar-refractivity contribution in [1.82, 2.24) is 25.2 Å². The fourth-order valence-electron chi connectivity index (χ4n) is 6.57. The first-order valence-corrected chi connectivity index (χ1v) is 19.9. The van der Waals surface area contributed by atoms with Gasteiger partial charge in [0.25, 0.3) is 15.9 Å². The molecule has 0 bridgehead atoms. The second-order valence-electron chi connectivity index (χ2n) is 15.4. The maximum absolute atomic E-state index is 14.4. The summed E-state index contributed by atoms with van der Waals surface area (Å²) in [5.41, 5.74) is -0.237. The van der Waals surface area contributed by atoms with Gasteiger partial charge in [0.05, 0.1) is 29.8 Å². The summed E-state index contributed by atoms with van der Waals surface area (Å²) in [6, 6.07) is 22.0. The van der Waals surface area contributed by atoms with Crippen LogP contribution in [0.25, 0.3) is 22.2 Å². The standard InChI is InChI=1S/C41H47N5O9S/c1-25(2)35(43-39(50)55-40(3,4)5)37(48)46-24-28(54-34-23-31(26-13-9-7-10-14-26)42-32-21-27(53-6)17-18-30(32)34)22-33(46)36(47)44-41(19-20-41)38(49)45-56(51,52)29-15-11-8-12-16-29/h7-18,21,23,25,28,33,35H,19-20,22,24H2,1-6H3,(H,43,50)(H,44,47)(H,45,49)/t28-,33?,35+/m1/s1. The molecule has 0 spiro atoms. The van der Waals surface area contributed by atoms with E-state index in [0.717, 1.165) is 5.56 Å². The first-order chi connectivity index (χ1) is 26.5. The largest absolute Gasteiger partial charge is 0.497 e. The minimum absolute atomic E-state index is 0.0233. The van der Waals surface area contributed by atoms with Crippen molar-refractivity contribution in [2.75, 3.05) is 13.7 Å². The molecule has 1 aliphatic carbocycles. The summed E-state index contributed by atoms with van der Waals surface area (Å²) in [6.07, 6.45) is -1.10. The number of benzene rings is 3. The van der Waals surface area contributed by atoms with E-state index in [1.807, 2.05) is 36.4 Å². The van der Waals surface area contributed by atoms with Crippen molar-refractivity contribution >= 4 is 44.7 Å². The quantitative estimate of drug-likeness (QED) is 0.178. The zero-order chi connectivity index (χ0) is 40.4. The third-order valence-corrected chi connectivity index (χ3v) is 11.0. The van der Waals surface area contributed by atoms with Gasteiger partial charge in [-0.2, -0.15) is 0 Å². The molecule has 1 unspecified atom stereocenters. The highest BCUT2D eigenvalue weighted by Gasteiger charge is 2.54. The van der Waals surface area contributed by atoms with E-state index in [1.165, 1.54) is 29.2 Å². The molecule has 1 aromatic heterocycles. The van der Waals surface area contributed by atoms with E-state index in [2.05, 4.69) is 15.4 Å². The molecule has 14 nitrogen and oxygen atoms in total. The van der Waals surface area contributed by atoms with Crippen molar-refractivity contribution in [1.29, 1.82) is 0 Å². The summed E-state index contributed by atoms with van der Waals surface area (Å²) >= 11 is 0. The van der Waals surface area contributed by atoms with E-state index in [-0.39, 0.29) is 30.7 Å². The molecule has 2 heterocycles. The summed E-state index contributed by atoms with van der Waals surface area (Å²) in [6.45, 7) is 8.60. The molecule has 56 heavy (non-hydrogen) atoms. The molecule has 4 aromatic rings. The molecule has 3 atom stereocenters. The topological polar surface area (TPSA) is 182 Å². The van der Waals surface area contributed by atoms with Crippen molar-refractivity contribution in [2.45, 2.75) is 88.1 Å². The van der Waals surface area contributed by atoms with Gasteiger partial charge in [-0.05, 0) is 63.8 Å². The van der Waals surface area contributed by atoms with Crippen LogP contribution >= 0.6 is 0 Å². The maximum atomic E-state index is 14.4. The number of carbonyl (C=O) groups is 4. The number of amides is 4. The number of ether oxygens (including phenoxy) is 3. The number of pyridine rings is 1. The Morgan fingerprint density at radius 3 is 2.20 bits per heavy atom. The Labute approximate surface area is 326 Å². The molecule has 1 aliphatic heterocycles. The summed E-state index contributed by atoms with van der Waals surface area (Å²) in [5, 5.41) is 6.12. The van der Waals surface area contributed by atoms with Gasteiger partial charge < -0.3 is 29.7 Å². The first kappa shape index (κ1) is 40.0. The number of hydrogen-bond acceptors (Lipinski definition) is 10. The van der Waals surface area contributed by atoms with E-state index in [9.17, 15) is 27.6 Å². The Bertz CT molecular complexity index is 2220. The number of alkyl carbamates (subject to hydrolysis) is 1. The van der Waals surface area contributed by atoms with Crippen molar-refractivity contribution in [3.8, 4) is 22.8 Å². The van der Waals surface area contributed by atoms with Gasteiger partial charge in [0.15, 0.2) is 0 Å². The minimum atomic E-state index is -4.22. The van der Waals surface area contributed by atoms with Gasteiger partial charge in [0, 0.05) is 29.5 Å². The van der Waals surface area contributed by atoms with Gasteiger partial charge >= 0.3 is 6.09 Å². The zero-order valence-corrected chi connectivity index (χ0v) is 33.0. The third-order valence-electron chi connectivity index (χ3n) is 9.62. The summed E-state index contributed by atoms with van der Waals surface area (Å²) in [7, 11) is -2.65. The van der Waals surface area contributed by atoms with E-state index in [4.69, 9.17) is 19.2 Å². The molecule has 2 aliphatic rings. The SMILES string of the molecule is COc1ccc2c(O[C@@H]3CC(C(=O)NC4(C(=O)NS(=O)(=O)c5ccccc5)CC4)N(C(=O)[C@@H](NC(=O)OC(C)(C)C)C(C)C)C3)cc(-c3ccccc3)nc2c1. The van der Waals surface area contributed by atoms with Crippen molar-refractivity contribution in [3.63, 3.8) is 0 Å². The second kappa shape index (κ2) is 15.8. The van der Waals surface area contributed by atoms with Crippen LogP contribution in [-0.4, -0.2) is 85.1 Å². The smallest absolute Gasteiger partial charge is 0.408 e. The van der Waals surface area contributed by atoms with Crippen LogP contribution in [0.1, 0.15) is 53.9 Å². The molecule has 0 radical (unpaired) electrons. The van der Waals surface area contributed by atoms with Gasteiger partial charge in [-0.1, -0.05) is 62.4 Å². The van der Waals surface area contributed by atoms with Gasteiger partial charge in [-0.25, -0.2) is 22.9 Å². The average Bonchev–Trinajstić information content (AvgIpc) is 3.82. The number of carbonyl (C=O) groups excluding carboxylic acids is 4. The normalized spacial score (nSPS) is 18.2. The Hall–Kier alpha value is -5.70. The summed E-state index contributed by atoms with van der Waals surface area (Å²) in [4.78, 5) is 61.1. The highest BCUT2D eigenvalue weighted by Crippen LogP contribution is 2.38. The molecule has 4 amide bonds. The lowest BCUT2D eigenvalue weighted by Crippen LogP contribution is -2.58. The fraction of sp³-hybridized carbons (Fsp3) is 0.390. The maximum Gasteiger partial charge on any atom is 0.408 e. The predicted octanol–water partition coefficient (Wildman–Crippen LogP) is 4.96. The number of nitrogens with zero attached hydrogens (tertiary/aromatic N) is 2. The van der Waals surface area contributed by atoms with Crippen molar-refractivity contribution in [3.05, 3.63) is 84.9 Å². The van der Waals surface area contributed by atoms with Crippen LogP contribution in [-0.2, 0) is 29.1 Å². The number of hydrogen-bond donors (Lipinski definition) is 3. The number of methoxy groups -OCH3 is 1. The van der Waals surface area contributed by atoms with Crippen LogP contribution in [0.2, 0.25) is 0 Å². The van der Waals surface area contributed by atoms with E-state index in [1.54, 1.807) is 66.0 Å². The molecule has 296 valence electrons. The first-order valence-electron chi connectivity index (χ1n) is 18.4. The van der Waals surface area contributed by atoms with Gasteiger partial charge in [-0.15, -0.1) is 0 Å². The number of nitrogens with one attached hydrogen (secondary N) is 3. The number of aromatic nitrogens is 1. The average molecular weight is 786 g/mol. The fourth-order valence-corrected chi connectivity index (χ4v) is 7.64. The van der Waals surface area contributed by atoms with Crippen LogP contribution < -0.4 is 24.8 Å². The lowest BCUT2D eigenvalue weighted by molar-refractivity contribution is -0.141. The van der Waals surface area contributed by atoms with E-state index >= 15 is 0 Å². The summed E-state index contributed by atoms with van der Waals surface area (Å²) in [5.74, 6) is -1.43. The monoisotopic (exact) mass is 785 g/mol. The van der Waals surface area contributed by atoms with Gasteiger partial charge in [-0.3, -0.25) is 14.4 Å². The Morgan fingerprint density at radius 1 is 0.929 bits per heavy atom. The molecule has 3 N–H and O–H groups in total. The predicted molar refractivity (Wildman–Crippen MR) is 208 cm³/mol. The Kier molecular flexibility index (Phi) is 11.3. The molecule has 6 rings (SSSR count). The zero-order valence-electron chi connectivity index (χ0n) is 32.2. The van der Waals surface area contributed by atoms with Crippen molar-refractivity contribution < 1.29 is 41.8 Å². The Balaban J connectivity index is 1.30. The lowest BCUT2D eigenvalue weighted by Gasteiger charge is -2.31. The van der Waals surface area contributed by atoms with Crippen LogP contribution in [0.4, 0.5) is 4.79 Å². The molecule has 1 saturated heterocycles. The van der Waals surface area contributed by atoms with Crippen molar-refractivity contribution in [2.24, 2.45) is 5.92 Å². The molecular formula is C41H47N5O9S. The molecule has 1 saturated carbocycles. The minimum Gasteiger partial charge on any atom is -0.497 e. The highest BCUT2D eigenvalue weighted by molar-refractivity contribution is 7.90. The second-order valence-corrected chi connectivity index (χ2v) is 17.1. The molecule has 2 fully saturated rings. The van der Waals surface area contributed by atoms with E-state index < -0.39 is 69.1 Å². The number of likely N-dealkylation sites (tertiary alicyclic amines) is 1. The van der Waals surface area contributed by atoms with Gasteiger partial charge in [0.1, 0.15) is 40.8 Å². The molecule has 15 heteroatoms. The van der Waals surface area contributed by atoms with E-state index in [0.29, 0.717) is 28.1 Å².